The van der Waals surface area contributed by atoms with Crippen LogP contribution >= 0.6 is 0 Å². The number of hydrogen-bond acceptors (Lipinski definition) is 8. The van der Waals surface area contributed by atoms with Crippen molar-refractivity contribution in [1.29, 1.82) is 0 Å². The van der Waals surface area contributed by atoms with Crippen LogP contribution in [0.2, 0.25) is 19.1 Å². The molecule has 4 N–H and O–H groups in total. The Balaban J connectivity index is 1.08. The lowest BCUT2D eigenvalue weighted by Crippen LogP contribution is -2.48. The molecule has 3 aromatic carbocycles. The van der Waals surface area contributed by atoms with E-state index in [1.807, 2.05) is 17.2 Å². The van der Waals surface area contributed by atoms with Crippen molar-refractivity contribution in [2.45, 2.75) is 70.0 Å². The number of aromatic amines is 2. The highest BCUT2D eigenvalue weighted by Crippen LogP contribution is 2.38. The Morgan fingerprint density at radius 2 is 1.46 bits per heavy atom. The summed E-state index contributed by atoms with van der Waals surface area (Å²) in [7, 11) is 0.844. The first kappa shape index (κ1) is 36.6. The molecule has 2 aromatic heterocycles. The minimum atomic E-state index is -1.71. The second-order valence-corrected chi connectivity index (χ2v) is 20.1. The molecule has 0 radical (unpaired) electrons. The third kappa shape index (κ3) is 7.15. The van der Waals surface area contributed by atoms with Crippen LogP contribution in [-0.4, -0.2) is 101 Å². The molecule has 2 saturated heterocycles. The number of H-pyrrole nitrogens is 2. The monoisotopic (exact) mass is 750 g/mol. The maximum Gasteiger partial charge on any atom is 0.407 e. The second-order valence-electron chi connectivity index (χ2n) is 15.0. The summed E-state index contributed by atoms with van der Waals surface area (Å²) in [5.41, 5.74) is 5.73. The number of likely N-dealkylation sites (tertiary alicyclic amines) is 1. The molecule has 4 heterocycles. The summed E-state index contributed by atoms with van der Waals surface area (Å²) in [4.78, 5) is 70.4. The Hall–Kier alpha value is -5.70. The Morgan fingerprint density at radius 1 is 0.815 bits per heavy atom. The van der Waals surface area contributed by atoms with E-state index >= 15 is 0 Å². The van der Waals surface area contributed by atoms with E-state index in [0.717, 1.165) is 74.7 Å². The van der Waals surface area contributed by atoms with Crippen LogP contribution in [0, 0.1) is 0 Å². The van der Waals surface area contributed by atoms with Gasteiger partial charge in [0.05, 0.1) is 57.3 Å². The van der Waals surface area contributed by atoms with Crippen LogP contribution in [-0.2, 0) is 19.1 Å². The smallest absolute Gasteiger partial charge is 0.407 e. The van der Waals surface area contributed by atoms with Gasteiger partial charge < -0.3 is 39.9 Å². The van der Waals surface area contributed by atoms with Gasteiger partial charge in [-0.05, 0) is 66.9 Å². The van der Waals surface area contributed by atoms with Gasteiger partial charge in [0.25, 0.3) is 0 Å². The standard InChI is InChI=1S/C39H46N8O6Si/c1-22(41-38(50)52-3)36(48)46-17-7-8-31(46)35-43-29-16-14-27-18-26(13-15-28(27)33(29)45-35)24-9-11-25(12-10-24)30-19-40-34(44-30)32-20-54(5,6)21-47(32)37(49)23(2)42-39(51)53-4/h9-16,18-19,22-23,31-32H,7-8,17,20-21H2,1-6H3,(H,40,44)(H,41,50)(H,42,51)(H,43,45)/t22-,23-,31+,32+/m1/s1. The number of fused-ring (bicyclic) bond motifs is 3. The second kappa shape index (κ2) is 14.6. The van der Waals surface area contributed by atoms with Crippen LogP contribution in [0.3, 0.4) is 0 Å². The molecule has 4 atom stereocenters. The summed E-state index contributed by atoms with van der Waals surface area (Å²) in [5, 5.41) is 7.27. The number of carbonyl (C=O) groups is 4. The molecule has 2 aliphatic rings. The number of carbonyl (C=O) groups excluding carboxylic acids is 4. The first-order chi connectivity index (χ1) is 25.8. The summed E-state index contributed by atoms with van der Waals surface area (Å²) in [6.07, 6.45) is 2.85. The predicted octanol–water partition coefficient (Wildman–Crippen LogP) is 6.06. The van der Waals surface area contributed by atoms with Crippen LogP contribution in [0.1, 0.15) is 50.4 Å². The van der Waals surface area contributed by atoms with Crippen molar-refractivity contribution < 1.29 is 28.7 Å². The highest BCUT2D eigenvalue weighted by atomic mass is 28.3. The van der Waals surface area contributed by atoms with Crippen molar-refractivity contribution in [2.75, 3.05) is 26.9 Å². The van der Waals surface area contributed by atoms with Gasteiger partial charge in [-0.25, -0.2) is 19.6 Å². The first-order valence-electron chi connectivity index (χ1n) is 18.2. The van der Waals surface area contributed by atoms with E-state index in [4.69, 9.17) is 14.7 Å². The largest absolute Gasteiger partial charge is 0.453 e. The molecule has 7 rings (SSSR count). The fourth-order valence-corrected chi connectivity index (χ4v) is 10.7. The number of aromatic nitrogens is 4. The van der Waals surface area contributed by atoms with Gasteiger partial charge in [0.1, 0.15) is 23.7 Å². The summed E-state index contributed by atoms with van der Waals surface area (Å²) >= 11 is 0. The Labute approximate surface area is 314 Å². The van der Waals surface area contributed by atoms with Gasteiger partial charge in [0, 0.05) is 18.1 Å². The van der Waals surface area contributed by atoms with Gasteiger partial charge in [0.15, 0.2) is 0 Å². The number of nitrogens with zero attached hydrogens (tertiary/aromatic N) is 4. The lowest BCUT2D eigenvalue weighted by molar-refractivity contribution is -0.134. The summed E-state index contributed by atoms with van der Waals surface area (Å²) in [6.45, 7) is 8.45. The van der Waals surface area contributed by atoms with Gasteiger partial charge in [-0.15, -0.1) is 0 Å². The van der Waals surface area contributed by atoms with E-state index in [0.29, 0.717) is 12.7 Å². The van der Waals surface area contributed by atoms with Crippen LogP contribution < -0.4 is 10.6 Å². The molecule has 4 amide bonds. The third-order valence-electron chi connectivity index (χ3n) is 10.6. The lowest BCUT2D eigenvalue weighted by Gasteiger charge is -2.27. The number of methoxy groups -OCH3 is 2. The Kier molecular flexibility index (Phi) is 9.92. The highest BCUT2D eigenvalue weighted by molar-refractivity contribution is 6.78. The molecule has 282 valence electrons. The molecule has 54 heavy (non-hydrogen) atoms. The van der Waals surface area contributed by atoms with E-state index in [-0.39, 0.29) is 23.9 Å². The minimum Gasteiger partial charge on any atom is -0.453 e. The molecule has 0 spiro atoms. The van der Waals surface area contributed by atoms with Crippen molar-refractivity contribution in [3.05, 3.63) is 72.4 Å². The average Bonchev–Trinajstić information content (AvgIpc) is 3.99. The SMILES string of the molecule is COC(=O)N[C@H](C)C(=O)N1C[Si](C)(C)C[C@H]1c1ncc(-c2ccc(-c3ccc4c(ccc5nc([C@@H]6CCCN6C(=O)[C@@H](C)NC(=O)OC)[nH]c54)c3)cc2)[nH]1. The minimum absolute atomic E-state index is 0.150. The van der Waals surface area contributed by atoms with Crippen molar-refractivity contribution in [1.82, 2.24) is 40.4 Å². The van der Waals surface area contributed by atoms with Crippen LogP contribution in [0.15, 0.2) is 60.8 Å². The normalized spacial score (nSPS) is 19.1. The van der Waals surface area contributed by atoms with Gasteiger partial charge in [-0.1, -0.05) is 55.6 Å². The fraction of sp³-hybridized carbons (Fsp3) is 0.385. The molecular weight excluding hydrogens is 705 g/mol. The van der Waals surface area contributed by atoms with Crippen molar-refractivity contribution in [2.24, 2.45) is 0 Å². The van der Waals surface area contributed by atoms with Crippen molar-refractivity contribution in [3.8, 4) is 22.4 Å². The summed E-state index contributed by atoms with van der Waals surface area (Å²) in [6, 6.07) is 17.8. The molecule has 0 unspecified atom stereocenters. The number of nitrogens with one attached hydrogen (secondary N) is 4. The van der Waals surface area contributed by atoms with E-state index in [1.165, 1.54) is 14.2 Å². The van der Waals surface area contributed by atoms with Gasteiger partial charge in [-0.3, -0.25) is 9.59 Å². The molecule has 2 fully saturated rings. The highest BCUT2D eigenvalue weighted by Gasteiger charge is 2.44. The topological polar surface area (TPSA) is 175 Å². The van der Waals surface area contributed by atoms with E-state index in [9.17, 15) is 19.2 Å². The number of ether oxygens (including phenoxy) is 2. The van der Waals surface area contributed by atoms with Gasteiger partial charge >= 0.3 is 12.2 Å². The quantitative estimate of drug-likeness (QED) is 0.139. The molecule has 5 aromatic rings. The predicted molar refractivity (Wildman–Crippen MR) is 207 cm³/mol. The number of benzene rings is 3. The number of hydrogen-bond donors (Lipinski definition) is 4. The zero-order valence-corrected chi connectivity index (χ0v) is 32.4. The molecular formula is C39H46N8O6Si. The first-order valence-corrected chi connectivity index (χ1v) is 21.6. The van der Waals surface area contributed by atoms with E-state index in [2.05, 4.69) is 87.0 Å². The Bertz CT molecular complexity index is 2230. The van der Waals surface area contributed by atoms with Gasteiger partial charge in [-0.2, -0.15) is 0 Å². The number of imidazole rings is 2. The van der Waals surface area contributed by atoms with Gasteiger partial charge in [0.2, 0.25) is 11.8 Å². The van der Waals surface area contributed by atoms with Crippen molar-refractivity contribution >= 4 is 53.9 Å². The van der Waals surface area contributed by atoms with Crippen molar-refractivity contribution in [3.63, 3.8) is 0 Å². The van der Waals surface area contributed by atoms with Crippen LogP contribution in [0.25, 0.3) is 44.2 Å². The summed E-state index contributed by atoms with van der Waals surface area (Å²) < 4.78 is 9.37. The Morgan fingerprint density at radius 3 is 2.15 bits per heavy atom. The number of alkyl carbamates (subject to hydrolysis) is 2. The lowest BCUT2D eigenvalue weighted by atomic mass is 9.99. The average molecular weight is 751 g/mol. The number of rotatable bonds is 8. The van der Waals surface area contributed by atoms with E-state index < -0.39 is 32.3 Å². The zero-order chi connectivity index (χ0) is 38.3. The summed E-state index contributed by atoms with van der Waals surface area (Å²) in [5.74, 6) is 1.16. The zero-order valence-electron chi connectivity index (χ0n) is 31.4. The third-order valence-corrected chi connectivity index (χ3v) is 13.3. The number of amides is 4. The maximum absolute atomic E-state index is 13.4. The molecule has 2 aliphatic heterocycles. The molecule has 0 saturated carbocycles. The van der Waals surface area contributed by atoms with Crippen LogP contribution in [0.5, 0.6) is 0 Å². The molecule has 0 aliphatic carbocycles. The molecule has 0 bridgehead atoms. The maximum atomic E-state index is 13.4. The molecule has 14 nitrogen and oxygen atoms in total. The van der Waals surface area contributed by atoms with Crippen LogP contribution in [0.4, 0.5) is 9.59 Å². The van der Waals surface area contributed by atoms with E-state index in [1.54, 1.807) is 18.7 Å². The fourth-order valence-electron chi connectivity index (χ4n) is 7.81. The molecule has 15 heteroatoms.